The number of nitrogens with zero attached hydrogens (tertiary/aromatic N) is 1. The van der Waals surface area contributed by atoms with Crippen LogP contribution in [0.3, 0.4) is 0 Å². The van der Waals surface area contributed by atoms with Crippen molar-refractivity contribution in [1.82, 2.24) is 10.2 Å². The molecule has 0 saturated carbocycles. The second-order valence-corrected chi connectivity index (χ2v) is 4.01. The Bertz CT molecular complexity index is 141. The van der Waals surface area contributed by atoms with E-state index >= 15 is 0 Å². The number of hydrogen-bond acceptors (Lipinski definition) is 3. The summed E-state index contributed by atoms with van der Waals surface area (Å²) in [5.74, 6) is 0.628. The van der Waals surface area contributed by atoms with Gasteiger partial charge in [0.15, 0.2) is 0 Å². The summed E-state index contributed by atoms with van der Waals surface area (Å²) in [6.45, 7) is 5.64. The number of rotatable bonds is 4. The van der Waals surface area contributed by atoms with Crippen LogP contribution in [-0.4, -0.2) is 49.3 Å². The Labute approximate surface area is 81.1 Å². The molecule has 1 fully saturated rings. The first-order chi connectivity index (χ1) is 6.27. The number of piperidine rings is 1. The van der Waals surface area contributed by atoms with Crippen LogP contribution in [0.2, 0.25) is 0 Å². The fourth-order valence-corrected chi connectivity index (χ4v) is 2.18. The van der Waals surface area contributed by atoms with Crippen molar-refractivity contribution < 1.29 is 5.11 Å². The molecule has 1 saturated heterocycles. The second-order valence-electron chi connectivity index (χ2n) is 4.01. The molecule has 3 heteroatoms. The van der Waals surface area contributed by atoms with Crippen molar-refractivity contribution >= 4 is 0 Å². The Morgan fingerprint density at radius 1 is 1.62 bits per heavy atom. The van der Waals surface area contributed by atoms with E-state index < -0.39 is 0 Å². The summed E-state index contributed by atoms with van der Waals surface area (Å²) < 4.78 is 0. The molecular formula is C10H22N2O. The van der Waals surface area contributed by atoms with Gasteiger partial charge in [0.1, 0.15) is 0 Å². The third-order valence-corrected chi connectivity index (χ3v) is 2.89. The van der Waals surface area contributed by atoms with E-state index in [0.717, 1.165) is 13.1 Å². The topological polar surface area (TPSA) is 35.5 Å². The van der Waals surface area contributed by atoms with Crippen molar-refractivity contribution in [3.8, 4) is 0 Å². The number of nitrogens with one attached hydrogen (secondary N) is 1. The Hall–Kier alpha value is -0.120. The first kappa shape index (κ1) is 11.0. The summed E-state index contributed by atoms with van der Waals surface area (Å²) >= 11 is 0. The minimum absolute atomic E-state index is 0.270. The van der Waals surface area contributed by atoms with Crippen LogP contribution in [0.4, 0.5) is 0 Å². The van der Waals surface area contributed by atoms with Crippen LogP contribution in [0, 0.1) is 5.92 Å². The highest BCUT2D eigenvalue weighted by Crippen LogP contribution is 2.18. The molecule has 0 bridgehead atoms. The predicted octanol–water partition coefficient (Wildman–Crippen LogP) is 0.299. The molecule has 78 valence electrons. The smallest absolute Gasteiger partial charge is 0.0587 e. The molecule has 3 nitrogen and oxygen atoms in total. The first-order valence-corrected chi connectivity index (χ1v) is 5.30. The lowest BCUT2D eigenvalue weighted by Crippen LogP contribution is -2.46. The van der Waals surface area contributed by atoms with E-state index in [2.05, 4.69) is 24.2 Å². The SMILES string of the molecule is CCNC(CO)C1CCCN(C)C1. The maximum absolute atomic E-state index is 9.21. The van der Waals surface area contributed by atoms with Gasteiger partial charge in [0.25, 0.3) is 0 Å². The number of aliphatic hydroxyl groups is 1. The molecule has 0 radical (unpaired) electrons. The summed E-state index contributed by atoms with van der Waals surface area (Å²) in [5, 5.41) is 12.6. The predicted molar refractivity (Wildman–Crippen MR) is 54.8 cm³/mol. The van der Waals surface area contributed by atoms with Gasteiger partial charge < -0.3 is 15.3 Å². The van der Waals surface area contributed by atoms with Gasteiger partial charge in [-0.2, -0.15) is 0 Å². The third-order valence-electron chi connectivity index (χ3n) is 2.89. The third kappa shape index (κ3) is 3.25. The van der Waals surface area contributed by atoms with Crippen molar-refractivity contribution in [3.63, 3.8) is 0 Å². The monoisotopic (exact) mass is 186 g/mol. The molecule has 1 rings (SSSR count). The van der Waals surface area contributed by atoms with Crippen LogP contribution in [0.15, 0.2) is 0 Å². The van der Waals surface area contributed by atoms with Crippen LogP contribution in [0.5, 0.6) is 0 Å². The molecule has 1 aliphatic heterocycles. The molecule has 0 amide bonds. The number of hydrogen-bond donors (Lipinski definition) is 2. The Kier molecular flexibility index (Phi) is 4.70. The molecule has 13 heavy (non-hydrogen) atoms. The molecule has 1 aliphatic rings. The van der Waals surface area contributed by atoms with Crippen LogP contribution >= 0.6 is 0 Å². The number of likely N-dealkylation sites (tertiary alicyclic amines) is 1. The molecule has 0 aromatic heterocycles. The summed E-state index contributed by atoms with van der Waals surface area (Å²) in [7, 11) is 2.16. The first-order valence-electron chi connectivity index (χ1n) is 5.30. The molecule has 2 N–H and O–H groups in total. The van der Waals surface area contributed by atoms with E-state index in [4.69, 9.17) is 0 Å². The summed E-state index contributed by atoms with van der Waals surface area (Å²) in [4.78, 5) is 2.36. The van der Waals surface area contributed by atoms with E-state index in [1.54, 1.807) is 0 Å². The van der Waals surface area contributed by atoms with Gasteiger partial charge in [-0.3, -0.25) is 0 Å². The van der Waals surface area contributed by atoms with Crippen molar-refractivity contribution in [2.45, 2.75) is 25.8 Å². The minimum Gasteiger partial charge on any atom is -0.395 e. The molecular weight excluding hydrogens is 164 g/mol. The lowest BCUT2D eigenvalue weighted by atomic mass is 9.91. The highest BCUT2D eigenvalue weighted by Gasteiger charge is 2.24. The molecule has 2 atom stereocenters. The van der Waals surface area contributed by atoms with Gasteiger partial charge in [0.05, 0.1) is 6.61 Å². The van der Waals surface area contributed by atoms with Crippen LogP contribution in [0.1, 0.15) is 19.8 Å². The highest BCUT2D eigenvalue weighted by molar-refractivity contribution is 4.81. The van der Waals surface area contributed by atoms with Crippen LogP contribution in [-0.2, 0) is 0 Å². The van der Waals surface area contributed by atoms with E-state index in [1.807, 2.05) is 0 Å². The van der Waals surface area contributed by atoms with E-state index in [9.17, 15) is 5.11 Å². The van der Waals surface area contributed by atoms with Gasteiger partial charge in [-0.1, -0.05) is 6.92 Å². The zero-order valence-corrected chi connectivity index (χ0v) is 8.79. The molecule has 0 aliphatic carbocycles. The fraction of sp³-hybridized carbons (Fsp3) is 1.00. The van der Waals surface area contributed by atoms with E-state index in [-0.39, 0.29) is 6.61 Å². The van der Waals surface area contributed by atoms with Gasteiger partial charge in [-0.05, 0) is 38.9 Å². The van der Waals surface area contributed by atoms with Gasteiger partial charge in [-0.25, -0.2) is 0 Å². The number of likely N-dealkylation sites (N-methyl/N-ethyl adjacent to an activating group) is 1. The van der Waals surface area contributed by atoms with Gasteiger partial charge in [-0.15, -0.1) is 0 Å². The van der Waals surface area contributed by atoms with Crippen molar-refractivity contribution in [1.29, 1.82) is 0 Å². The molecule has 0 spiro atoms. The summed E-state index contributed by atoms with van der Waals surface area (Å²) in [6.07, 6.45) is 2.52. The lowest BCUT2D eigenvalue weighted by Gasteiger charge is -2.34. The molecule has 0 aromatic carbocycles. The molecule has 0 aromatic rings. The van der Waals surface area contributed by atoms with E-state index in [1.165, 1.54) is 19.4 Å². The maximum Gasteiger partial charge on any atom is 0.0587 e. The van der Waals surface area contributed by atoms with Gasteiger partial charge >= 0.3 is 0 Å². The van der Waals surface area contributed by atoms with E-state index in [0.29, 0.717) is 12.0 Å². The van der Waals surface area contributed by atoms with Gasteiger partial charge in [0, 0.05) is 12.6 Å². The molecule has 1 heterocycles. The van der Waals surface area contributed by atoms with Crippen molar-refractivity contribution in [2.75, 3.05) is 33.3 Å². The van der Waals surface area contributed by atoms with Crippen molar-refractivity contribution in [3.05, 3.63) is 0 Å². The average Bonchev–Trinajstić information content (AvgIpc) is 2.14. The van der Waals surface area contributed by atoms with Gasteiger partial charge in [0.2, 0.25) is 0 Å². The quantitative estimate of drug-likeness (QED) is 0.663. The molecule has 2 unspecified atom stereocenters. The normalized spacial score (nSPS) is 27.5. The largest absolute Gasteiger partial charge is 0.395 e. The Morgan fingerprint density at radius 2 is 2.38 bits per heavy atom. The standard InChI is InChI=1S/C10H22N2O/c1-3-11-10(8-13)9-5-4-6-12(2)7-9/h9-11,13H,3-8H2,1-2H3. The lowest BCUT2D eigenvalue weighted by molar-refractivity contribution is 0.132. The zero-order chi connectivity index (χ0) is 9.68. The Balaban J connectivity index is 2.37. The summed E-state index contributed by atoms with van der Waals surface area (Å²) in [6, 6.07) is 0.299. The highest BCUT2D eigenvalue weighted by atomic mass is 16.3. The second kappa shape index (κ2) is 5.58. The van der Waals surface area contributed by atoms with Crippen LogP contribution < -0.4 is 5.32 Å². The number of aliphatic hydroxyl groups excluding tert-OH is 1. The average molecular weight is 186 g/mol. The zero-order valence-electron chi connectivity index (χ0n) is 8.79. The Morgan fingerprint density at radius 3 is 2.92 bits per heavy atom. The fourth-order valence-electron chi connectivity index (χ4n) is 2.18. The summed E-state index contributed by atoms with van der Waals surface area (Å²) in [5.41, 5.74) is 0. The van der Waals surface area contributed by atoms with Crippen LogP contribution in [0.25, 0.3) is 0 Å². The van der Waals surface area contributed by atoms with Crippen molar-refractivity contribution in [2.24, 2.45) is 5.92 Å². The maximum atomic E-state index is 9.21. The minimum atomic E-state index is 0.270.